The van der Waals surface area contributed by atoms with Crippen molar-refractivity contribution < 1.29 is 13.9 Å². The lowest BCUT2D eigenvalue weighted by molar-refractivity contribution is -0.121. The molecule has 0 saturated carbocycles. The maximum Gasteiger partial charge on any atom is 0.220 e. The van der Waals surface area contributed by atoms with Crippen LogP contribution in [0.25, 0.3) is 0 Å². The van der Waals surface area contributed by atoms with Crippen LogP contribution in [0.5, 0.6) is 5.88 Å². The molecule has 0 aliphatic heterocycles. The van der Waals surface area contributed by atoms with Gasteiger partial charge >= 0.3 is 0 Å². The van der Waals surface area contributed by atoms with Crippen molar-refractivity contribution in [2.45, 2.75) is 19.4 Å². The zero-order valence-electron chi connectivity index (χ0n) is 11.8. The third-order valence-corrected chi connectivity index (χ3v) is 3.05. The molecule has 1 heterocycles. The summed E-state index contributed by atoms with van der Waals surface area (Å²) in [5, 5.41) is 2.81. The zero-order chi connectivity index (χ0) is 15.1. The summed E-state index contributed by atoms with van der Waals surface area (Å²) in [4.78, 5) is 15.9. The van der Waals surface area contributed by atoms with Crippen molar-refractivity contribution in [3.05, 3.63) is 59.5 Å². The van der Waals surface area contributed by atoms with E-state index < -0.39 is 0 Å². The number of hydrogen-bond acceptors (Lipinski definition) is 3. The molecule has 5 heteroatoms. The summed E-state index contributed by atoms with van der Waals surface area (Å²) in [6.45, 7) is 0.360. The van der Waals surface area contributed by atoms with Gasteiger partial charge in [-0.15, -0.1) is 0 Å². The molecule has 0 radical (unpaired) electrons. The van der Waals surface area contributed by atoms with E-state index in [1.807, 2.05) is 6.07 Å². The van der Waals surface area contributed by atoms with Gasteiger partial charge in [-0.25, -0.2) is 9.37 Å². The minimum atomic E-state index is -0.284. The van der Waals surface area contributed by atoms with Crippen LogP contribution >= 0.6 is 0 Å². The first-order valence-electron chi connectivity index (χ1n) is 6.68. The van der Waals surface area contributed by atoms with Crippen LogP contribution in [-0.4, -0.2) is 18.0 Å². The SMILES string of the molecule is COc1ncccc1CNC(=O)CCc1cccc(F)c1. The molecular weight excluding hydrogens is 271 g/mol. The Labute approximate surface area is 123 Å². The summed E-state index contributed by atoms with van der Waals surface area (Å²) in [7, 11) is 1.54. The van der Waals surface area contributed by atoms with Crippen LogP contribution in [0, 0.1) is 5.82 Å². The fourth-order valence-electron chi connectivity index (χ4n) is 1.97. The Hall–Kier alpha value is -2.43. The average Bonchev–Trinajstić information content (AvgIpc) is 2.51. The fourth-order valence-corrected chi connectivity index (χ4v) is 1.97. The van der Waals surface area contributed by atoms with E-state index in [1.165, 1.54) is 19.2 Å². The Kier molecular flexibility index (Phi) is 5.26. The minimum absolute atomic E-state index is 0.0924. The van der Waals surface area contributed by atoms with E-state index in [4.69, 9.17) is 4.74 Å². The minimum Gasteiger partial charge on any atom is -0.481 e. The van der Waals surface area contributed by atoms with Crippen LogP contribution in [-0.2, 0) is 17.8 Å². The molecule has 2 rings (SSSR count). The Morgan fingerprint density at radius 2 is 2.19 bits per heavy atom. The molecule has 0 unspecified atom stereocenters. The predicted molar refractivity (Wildman–Crippen MR) is 77.4 cm³/mol. The van der Waals surface area contributed by atoms with Crippen LogP contribution in [0.2, 0.25) is 0 Å². The highest BCUT2D eigenvalue weighted by atomic mass is 19.1. The standard InChI is InChI=1S/C16H17FN2O2/c1-21-16-13(5-3-9-18-16)11-19-15(20)8-7-12-4-2-6-14(17)10-12/h2-6,9-10H,7-8,11H2,1H3,(H,19,20). The van der Waals surface area contributed by atoms with Crippen molar-refractivity contribution in [1.82, 2.24) is 10.3 Å². The van der Waals surface area contributed by atoms with Gasteiger partial charge < -0.3 is 10.1 Å². The molecule has 0 spiro atoms. The van der Waals surface area contributed by atoms with Gasteiger partial charge in [-0.1, -0.05) is 18.2 Å². The van der Waals surface area contributed by atoms with E-state index in [1.54, 1.807) is 24.4 Å². The van der Waals surface area contributed by atoms with E-state index in [2.05, 4.69) is 10.3 Å². The summed E-state index contributed by atoms with van der Waals surface area (Å²) >= 11 is 0. The number of carbonyl (C=O) groups is 1. The van der Waals surface area contributed by atoms with Crippen LogP contribution in [0.1, 0.15) is 17.5 Å². The van der Waals surface area contributed by atoms with E-state index in [-0.39, 0.29) is 11.7 Å². The van der Waals surface area contributed by atoms with E-state index in [0.29, 0.717) is 25.3 Å². The van der Waals surface area contributed by atoms with Gasteiger partial charge in [-0.2, -0.15) is 0 Å². The van der Waals surface area contributed by atoms with Gasteiger partial charge in [0.1, 0.15) is 5.82 Å². The summed E-state index contributed by atoms with van der Waals surface area (Å²) in [5.74, 6) is 0.126. The second-order valence-electron chi connectivity index (χ2n) is 4.58. The second-order valence-corrected chi connectivity index (χ2v) is 4.58. The van der Waals surface area contributed by atoms with Gasteiger partial charge in [0.15, 0.2) is 0 Å². The van der Waals surface area contributed by atoms with Gasteiger partial charge in [0, 0.05) is 24.7 Å². The molecule has 0 bridgehead atoms. The predicted octanol–water partition coefficient (Wildman–Crippen LogP) is 2.48. The number of hydrogen-bond donors (Lipinski definition) is 1. The average molecular weight is 288 g/mol. The lowest BCUT2D eigenvalue weighted by atomic mass is 10.1. The number of aromatic nitrogens is 1. The number of amides is 1. The number of aryl methyl sites for hydroxylation is 1. The van der Waals surface area contributed by atoms with E-state index in [9.17, 15) is 9.18 Å². The highest BCUT2D eigenvalue weighted by Gasteiger charge is 2.06. The number of rotatable bonds is 6. The van der Waals surface area contributed by atoms with Gasteiger partial charge in [0.05, 0.1) is 7.11 Å². The van der Waals surface area contributed by atoms with Crippen LogP contribution in [0.4, 0.5) is 4.39 Å². The quantitative estimate of drug-likeness (QED) is 0.888. The second kappa shape index (κ2) is 7.38. The number of carbonyl (C=O) groups excluding carboxylic acids is 1. The molecule has 2 aromatic rings. The van der Waals surface area contributed by atoms with Crippen LogP contribution in [0.3, 0.4) is 0 Å². The molecule has 0 aliphatic rings. The number of benzene rings is 1. The third-order valence-electron chi connectivity index (χ3n) is 3.05. The highest BCUT2D eigenvalue weighted by Crippen LogP contribution is 2.13. The summed E-state index contributed by atoms with van der Waals surface area (Å²) < 4.78 is 18.1. The van der Waals surface area contributed by atoms with Crippen molar-refractivity contribution in [1.29, 1.82) is 0 Å². The normalized spacial score (nSPS) is 10.2. The van der Waals surface area contributed by atoms with Crippen molar-refractivity contribution in [3.63, 3.8) is 0 Å². The maximum atomic E-state index is 13.0. The summed E-state index contributed by atoms with van der Waals surface area (Å²) in [5.41, 5.74) is 1.63. The number of ether oxygens (including phenoxy) is 1. The van der Waals surface area contributed by atoms with Crippen molar-refractivity contribution in [3.8, 4) is 5.88 Å². The molecule has 1 N–H and O–H groups in total. The topological polar surface area (TPSA) is 51.2 Å². The molecule has 0 atom stereocenters. The molecular formula is C16H17FN2O2. The molecule has 0 fully saturated rings. The Bertz CT molecular complexity index is 617. The van der Waals surface area contributed by atoms with E-state index in [0.717, 1.165) is 11.1 Å². The molecule has 21 heavy (non-hydrogen) atoms. The molecule has 1 aromatic carbocycles. The fraction of sp³-hybridized carbons (Fsp3) is 0.250. The van der Waals surface area contributed by atoms with Gasteiger partial charge in [-0.3, -0.25) is 4.79 Å². The van der Waals surface area contributed by atoms with Crippen molar-refractivity contribution >= 4 is 5.91 Å². The smallest absolute Gasteiger partial charge is 0.220 e. The lowest BCUT2D eigenvalue weighted by Gasteiger charge is -2.08. The Morgan fingerprint density at radius 1 is 1.33 bits per heavy atom. The number of methoxy groups -OCH3 is 1. The number of pyridine rings is 1. The Balaban J connectivity index is 1.82. The molecule has 0 saturated heterocycles. The maximum absolute atomic E-state index is 13.0. The molecule has 1 amide bonds. The third kappa shape index (κ3) is 4.56. The summed E-state index contributed by atoms with van der Waals surface area (Å²) in [6, 6.07) is 9.91. The zero-order valence-corrected chi connectivity index (χ0v) is 11.8. The van der Waals surface area contributed by atoms with Crippen LogP contribution < -0.4 is 10.1 Å². The molecule has 0 aliphatic carbocycles. The lowest BCUT2D eigenvalue weighted by Crippen LogP contribution is -2.23. The summed E-state index contributed by atoms with van der Waals surface area (Å²) in [6.07, 6.45) is 2.45. The largest absolute Gasteiger partial charge is 0.481 e. The van der Waals surface area contributed by atoms with E-state index >= 15 is 0 Å². The first-order valence-corrected chi connectivity index (χ1v) is 6.68. The highest BCUT2D eigenvalue weighted by molar-refractivity contribution is 5.76. The first kappa shape index (κ1) is 15.0. The Morgan fingerprint density at radius 3 is 2.95 bits per heavy atom. The van der Waals surface area contributed by atoms with Gasteiger partial charge in [-0.05, 0) is 30.2 Å². The van der Waals surface area contributed by atoms with Crippen molar-refractivity contribution in [2.24, 2.45) is 0 Å². The van der Waals surface area contributed by atoms with Gasteiger partial charge in [0.25, 0.3) is 0 Å². The van der Waals surface area contributed by atoms with Crippen LogP contribution in [0.15, 0.2) is 42.6 Å². The number of nitrogens with zero attached hydrogens (tertiary/aromatic N) is 1. The number of halogens is 1. The molecule has 1 aromatic heterocycles. The van der Waals surface area contributed by atoms with Gasteiger partial charge in [0.2, 0.25) is 11.8 Å². The first-order chi connectivity index (χ1) is 10.2. The molecule has 4 nitrogen and oxygen atoms in total. The van der Waals surface area contributed by atoms with Crippen molar-refractivity contribution in [2.75, 3.05) is 7.11 Å². The monoisotopic (exact) mass is 288 g/mol. The molecule has 110 valence electrons. The number of nitrogens with one attached hydrogen (secondary N) is 1.